The zero-order chi connectivity index (χ0) is 18.5. The van der Waals surface area contributed by atoms with Crippen molar-refractivity contribution >= 4 is 11.6 Å². The van der Waals surface area contributed by atoms with Gasteiger partial charge in [0.05, 0.1) is 0 Å². The van der Waals surface area contributed by atoms with Crippen LogP contribution in [-0.4, -0.2) is 48.0 Å². The lowest BCUT2D eigenvalue weighted by atomic mass is 9.93. The number of hydrogen-bond donors (Lipinski definition) is 0. The number of aromatic nitrogens is 2. The molecular weight excluding hydrogens is 324 g/mol. The Hall–Kier alpha value is -2.43. The Morgan fingerprint density at radius 2 is 1.85 bits per heavy atom. The summed E-state index contributed by atoms with van der Waals surface area (Å²) >= 11 is 0. The van der Waals surface area contributed by atoms with Crippen LogP contribution in [-0.2, 0) is 11.2 Å². The van der Waals surface area contributed by atoms with Crippen molar-refractivity contribution in [3.63, 3.8) is 0 Å². The number of hydrogen-bond acceptors (Lipinski definition) is 4. The van der Waals surface area contributed by atoms with E-state index in [-0.39, 0.29) is 5.91 Å². The van der Waals surface area contributed by atoms with E-state index in [4.69, 9.17) is 0 Å². The molecule has 1 aromatic carbocycles. The summed E-state index contributed by atoms with van der Waals surface area (Å²) in [7, 11) is 4.07. The second kappa shape index (κ2) is 8.30. The van der Waals surface area contributed by atoms with Crippen LogP contribution >= 0.6 is 0 Å². The molecule has 1 amide bonds. The second-order valence-corrected chi connectivity index (χ2v) is 7.24. The topological polar surface area (TPSA) is 49.3 Å². The van der Waals surface area contributed by atoms with Gasteiger partial charge in [-0.2, -0.15) is 0 Å². The largest absolute Gasteiger partial charge is 0.378 e. The first-order valence-corrected chi connectivity index (χ1v) is 9.36. The fraction of sp³-hybridized carbons (Fsp3) is 0.476. The second-order valence-electron chi connectivity index (χ2n) is 7.24. The molecule has 0 N–H and O–H groups in total. The average Bonchev–Trinajstić information content (AvgIpc) is 2.66. The highest BCUT2D eigenvalue weighted by molar-refractivity contribution is 5.76. The van der Waals surface area contributed by atoms with Gasteiger partial charge in [-0.15, -0.1) is 0 Å². The van der Waals surface area contributed by atoms with Crippen LogP contribution in [0.15, 0.2) is 36.5 Å². The third-order valence-electron chi connectivity index (χ3n) is 5.14. The van der Waals surface area contributed by atoms with Crippen molar-refractivity contribution in [2.75, 3.05) is 32.1 Å². The van der Waals surface area contributed by atoms with Gasteiger partial charge in [0.25, 0.3) is 0 Å². The van der Waals surface area contributed by atoms with E-state index in [1.165, 1.54) is 11.3 Å². The molecule has 0 aliphatic carbocycles. The number of anilines is 1. The summed E-state index contributed by atoms with van der Waals surface area (Å²) in [5.41, 5.74) is 3.52. The summed E-state index contributed by atoms with van der Waals surface area (Å²) < 4.78 is 0. The van der Waals surface area contributed by atoms with Gasteiger partial charge in [-0.1, -0.05) is 12.1 Å². The molecule has 0 atom stereocenters. The Morgan fingerprint density at radius 1 is 1.15 bits per heavy atom. The first-order chi connectivity index (χ1) is 12.5. The van der Waals surface area contributed by atoms with E-state index in [0.29, 0.717) is 12.3 Å². The molecule has 1 aliphatic rings. The lowest BCUT2D eigenvalue weighted by Gasteiger charge is -2.32. The van der Waals surface area contributed by atoms with Gasteiger partial charge >= 0.3 is 0 Å². The van der Waals surface area contributed by atoms with E-state index in [1.807, 2.05) is 38.2 Å². The highest BCUT2D eigenvalue weighted by Crippen LogP contribution is 2.27. The highest BCUT2D eigenvalue weighted by Gasteiger charge is 2.24. The number of piperidine rings is 1. The molecule has 0 bridgehead atoms. The predicted octanol–water partition coefficient (Wildman–Crippen LogP) is 3.19. The normalized spacial score (nSPS) is 15.1. The van der Waals surface area contributed by atoms with Crippen molar-refractivity contribution in [3.05, 3.63) is 53.6 Å². The van der Waals surface area contributed by atoms with Gasteiger partial charge in [0, 0.05) is 57.1 Å². The van der Waals surface area contributed by atoms with Crippen molar-refractivity contribution in [1.82, 2.24) is 14.9 Å². The Kier molecular flexibility index (Phi) is 5.86. The average molecular weight is 352 g/mol. The van der Waals surface area contributed by atoms with Gasteiger partial charge in [0.2, 0.25) is 5.91 Å². The molecule has 0 saturated carbocycles. The summed E-state index contributed by atoms with van der Waals surface area (Å²) in [6.45, 7) is 3.57. The van der Waals surface area contributed by atoms with Crippen LogP contribution in [0.1, 0.15) is 42.3 Å². The summed E-state index contributed by atoms with van der Waals surface area (Å²) in [5.74, 6) is 1.53. The summed E-state index contributed by atoms with van der Waals surface area (Å²) in [4.78, 5) is 25.3. The summed E-state index contributed by atoms with van der Waals surface area (Å²) in [5, 5.41) is 0. The van der Waals surface area contributed by atoms with E-state index < -0.39 is 0 Å². The van der Waals surface area contributed by atoms with Crippen LogP contribution in [0, 0.1) is 6.92 Å². The van der Waals surface area contributed by atoms with E-state index >= 15 is 0 Å². The zero-order valence-electron chi connectivity index (χ0n) is 16.0. The lowest BCUT2D eigenvalue weighted by molar-refractivity contribution is -0.132. The highest BCUT2D eigenvalue weighted by atomic mass is 16.2. The fourth-order valence-corrected chi connectivity index (χ4v) is 3.50. The monoisotopic (exact) mass is 352 g/mol. The number of carbonyl (C=O) groups excluding carboxylic acids is 1. The molecule has 1 aliphatic heterocycles. The maximum atomic E-state index is 12.5. The minimum atomic E-state index is 0.263. The number of aryl methyl sites for hydroxylation is 2. The van der Waals surface area contributed by atoms with E-state index in [1.54, 1.807) is 0 Å². The van der Waals surface area contributed by atoms with E-state index in [0.717, 1.165) is 43.9 Å². The molecule has 138 valence electrons. The zero-order valence-corrected chi connectivity index (χ0v) is 16.0. The molecule has 1 fully saturated rings. The molecule has 0 unspecified atom stereocenters. The molecule has 5 heteroatoms. The van der Waals surface area contributed by atoms with Crippen LogP contribution in [0.2, 0.25) is 0 Å². The van der Waals surface area contributed by atoms with E-state index in [9.17, 15) is 4.79 Å². The van der Waals surface area contributed by atoms with Gasteiger partial charge in [-0.3, -0.25) is 4.79 Å². The number of likely N-dealkylation sites (tertiary alicyclic amines) is 1. The first-order valence-electron chi connectivity index (χ1n) is 9.36. The van der Waals surface area contributed by atoms with Crippen LogP contribution in [0.3, 0.4) is 0 Å². The fourth-order valence-electron chi connectivity index (χ4n) is 3.50. The van der Waals surface area contributed by atoms with Crippen LogP contribution in [0.4, 0.5) is 5.69 Å². The summed E-state index contributed by atoms with van der Waals surface area (Å²) in [6.07, 6.45) is 5.19. The van der Waals surface area contributed by atoms with Crippen molar-refractivity contribution in [2.45, 2.75) is 38.5 Å². The Morgan fingerprint density at radius 3 is 2.46 bits per heavy atom. The van der Waals surface area contributed by atoms with Crippen LogP contribution in [0.25, 0.3) is 0 Å². The van der Waals surface area contributed by atoms with Crippen LogP contribution < -0.4 is 4.90 Å². The van der Waals surface area contributed by atoms with Crippen molar-refractivity contribution in [1.29, 1.82) is 0 Å². The standard InChI is InChI=1S/C21H28N4O/c1-16-22-13-10-20(23-16)18-11-14-25(15-12-18)21(26)9-6-17-4-7-19(8-5-17)24(2)3/h4-5,7-8,10,13,18H,6,9,11-12,14-15H2,1-3H3. The molecule has 2 aromatic rings. The molecular formula is C21H28N4O. The third kappa shape index (κ3) is 4.59. The minimum absolute atomic E-state index is 0.263. The first kappa shape index (κ1) is 18.4. The molecule has 3 rings (SSSR count). The van der Waals surface area contributed by atoms with Crippen LogP contribution in [0.5, 0.6) is 0 Å². The van der Waals surface area contributed by atoms with Crippen molar-refractivity contribution in [3.8, 4) is 0 Å². The quantitative estimate of drug-likeness (QED) is 0.829. The lowest BCUT2D eigenvalue weighted by Crippen LogP contribution is -2.38. The van der Waals surface area contributed by atoms with Gasteiger partial charge < -0.3 is 9.80 Å². The molecule has 2 heterocycles. The number of rotatable bonds is 5. The van der Waals surface area contributed by atoms with Gasteiger partial charge in [-0.05, 0) is 49.9 Å². The van der Waals surface area contributed by atoms with Crippen molar-refractivity contribution in [2.24, 2.45) is 0 Å². The number of nitrogens with zero attached hydrogens (tertiary/aromatic N) is 4. The maximum Gasteiger partial charge on any atom is 0.222 e. The van der Waals surface area contributed by atoms with Crippen molar-refractivity contribution < 1.29 is 4.79 Å². The Labute approximate surface area is 156 Å². The molecule has 26 heavy (non-hydrogen) atoms. The Bertz CT molecular complexity index is 734. The van der Waals surface area contributed by atoms with Gasteiger partial charge in [-0.25, -0.2) is 9.97 Å². The summed E-state index contributed by atoms with van der Waals surface area (Å²) in [6, 6.07) is 10.5. The molecule has 5 nitrogen and oxygen atoms in total. The minimum Gasteiger partial charge on any atom is -0.378 e. The third-order valence-corrected chi connectivity index (χ3v) is 5.14. The molecule has 1 saturated heterocycles. The molecule has 0 spiro atoms. The predicted molar refractivity (Wildman–Crippen MR) is 104 cm³/mol. The number of amides is 1. The molecule has 1 aromatic heterocycles. The van der Waals surface area contributed by atoms with Gasteiger partial charge in [0.1, 0.15) is 5.82 Å². The van der Waals surface area contributed by atoms with Gasteiger partial charge in [0.15, 0.2) is 0 Å². The maximum absolute atomic E-state index is 12.5. The SMILES string of the molecule is Cc1nccc(C2CCN(C(=O)CCc3ccc(N(C)C)cc3)CC2)n1. The number of carbonyl (C=O) groups is 1. The molecule has 0 radical (unpaired) electrons. The van der Waals surface area contributed by atoms with E-state index in [2.05, 4.69) is 39.1 Å². The Balaban J connectivity index is 1.47. The smallest absolute Gasteiger partial charge is 0.222 e. The number of benzene rings is 1.